The predicted molar refractivity (Wildman–Crippen MR) is 98.7 cm³/mol. The maximum Gasteiger partial charge on any atom is 0.328 e. The van der Waals surface area contributed by atoms with Gasteiger partial charge < -0.3 is 14.7 Å². The zero-order valence-electron chi connectivity index (χ0n) is 14.4. The molecular weight excluding hydrogens is 330 g/mol. The minimum Gasteiger partial charge on any atom is -0.467 e. The Hall–Kier alpha value is -2.99. The van der Waals surface area contributed by atoms with Gasteiger partial charge in [-0.15, -0.1) is 0 Å². The van der Waals surface area contributed by atoms with Gasteiger partial charge in [0.1, 0.15) is 11.9 Å². The fraction of sp³-hybridized carbons (Fsp3) is 0.250. The Kier molecular flexibility index (Phi) is 4.26. The van der Waals surface area contributed by atoms with Crippen LogP contribution in [0.15, 0.2) is 54.6 Å². The number of aromatic nitrogens is 2. The van der Waals surface area contributed by atoms with Crippen LogP contribution in [0.25, 0.3) is 22.3 Å². The topological polar surface area (TPSA) is 75.6 Å². The van der Waals surface area contributed by atoms with Crippen molar-refractivity contribution in [3.8, 4) is 11.4 Å². The first-order valence-corrected chi connectivity index (χ1v) is 8.52. The summed E-state index contributed by atoms with van der Waals surface area (Å²) in [6.45, 7) is 0.328. The highest BCUT2D eigenvalue weighted by Crippen LogP contribution is 2.32. The van der Waals surface area contributed by atoms with Gasteiger partial charge in [0.05, 0.1) is 18.7 Å². The van der Waals surface area contributed by atoms with E-state index in [1.807, 2.05) is 59.5 Å². The van der Waals surface area contributed by atoms with Gasteiger partial charge in [-0.3, -0.25) is 0 Å². The molecule has 3 aromatic rings. The molecule has 2 atom stereocenters. The predicted octanol–water partition coefficient (Wildman–Crippen LogP) is 2.41. The van der Waals surface area contributed by atoms with E-state index in [2.05, 4.69) is 4.98 Å². The smallest absolute Gasteiger partial charge is 0.328 e. The molecule has 0 bridgehead atoms. The number of methoxy groups -OCH3 is 1. The summed E-state index contributed by atoms with van der Waals surface area (Å²) in [5.41, 5.74) is 1.69. The van der Waals surface area contributed by atoms with E-state index in [1.54, 1.807) is 0 Å². The Bertz CT molecular complexity index is 945. The van der Waals surface area contributed by atoms with Gasteiger partial charge >= 0.3 is 5.97 Å². The first kappa shape index (κ1) is 16.5. The number of carbonyl (C=O) groups is 1. The average molecular weight is 349 g/mol. The van der Waals surface area contributed by atoms with Crippen molar-refractivity contribution in [3.05, 3.63) is 54.6 Å². The third-order valence-electron chi connectivity index (χ3n) is 4.64. The van der Waals surface area contributed by atoms with Gasteiger partial charge in [-0.05, 0) is 12.1 Å². The summed E-state index contributed by atoms with van der Waals surface area (Å²) < 4.78 is 4.93. The number of anilines is 1. The zero-order chi connectivity index (χ0) is 18.1. The number of ether oxygens (including phenoxy) is 1. The molecule has 6 nitrogen and oxygen atoms in total. The van der Waals surface area contributed by atoms with Crippen LogP contribution in [0.3, 0.4) is 0 Å². The number of fused-ring (bicyclic) bond motifs is 1. The van der Waals surface area contributed by atoms with Crippen molar-refractivity contribution in [3.63, 3.8) is 0 Å². The van der Waals surface area contributed by atoms with E-state index in [1.165, 1.54) is 7.11 Å². The molecule has 2 heterocycles. The van der Waals surface area contributed by atoms with Crippen molar-refractivity contribution < 1.29 is 14.6 Å². The molecule has 4 rings (SSSR count). The SMILES string of the molecule is COC(=O)[C@H]1C[C@H](O)CN1c1nc(-c2ccccc2)nc2ccccc12. The highest BCUT2D eigenvalue weighted by Gasteiger charge is 2.38. The summed E-state index contributed by atoms with van der Waals surface area (Å²) in [6.07, 6.45) is -0.279. The molecule has 0 spiro atoms. The Morgan fingerprint density at radius 1 is 1.12 bits per heavy atom. The molecule has 6 heteroatoms. The number of nitrogens with zero attached hydrogens (tertiary/aromatic N) is 3. The minimum atomic E-state index is -0.604. The third kappa shape index (κ3) is 2.88. The molecule has 0 saturated carbocycles. The molecular formula is C20H19N3O3. The molecule has 1 aliphatic rings. The lowest BCUT2D eigenvalue weighted by Gasteiger charge is -2.25. The molecule has 1 aliphatic heterocycles. The minimum absolute atomic E-state index is 0.325. The van der Waals surface area contributed by atoms with E-state index < -0.39 is 12.1 Å². The number of benzene rings is 2. The van der Waals surface area contributed by atoms with E-state index in [4.69, 9.17) is 9.72 Å². The maximum atomic E-state index is 12.2. The third-order valence-corrected chi connectivity index (χ3v) is 4.64. The lowest BCUT2D eigenvalue weighted by atomic mass is 10.1. The number of para-hydroxylation sites is 1. The second-order valence-electron chi connectivity index (χ2n) is 6.33. The van der Waals surface area contributed by atoms with E-state index >= 15 is 0 Å². The average Bonchev–Trinajstić information content (AvgIpc) is 3.08. The van der Waals surface area contributed by atoms with E-state index in [0.717, 1.165) is 16.5 Å². The molecule has 0 radical (unpaired) electrons. The van der Waals surface area contributed by atoms with Crippen LogP contribution in [0.4, 0.5) is 5.82 Å². The van der Waals surface area contributed by atoms with Crippen molar-refractivity contribution in [2.24, 2.45) is 0 Å². The molecule has 2 aromatic carbocycles. The second kappa shape index (κ2) is 6.72. The van der Waals surface area contributed by atoms with Gasteiger partial charge in [-0.2, -0.15) is 0 Å². The molecule has 0 unspecified atom stereocenters. The van der Waals surface area contributed by atoms with Crippen molar-refractivity contribution >= 4 is 22.7 Å². The van der Waals surface area contributed by atoms with Crippen LogP contribution in [-0.4, -0.2) is 46.8 Å². The molecule has 0 amide bonds. The molecule has 1 saturated heterocycles. The van der Waals surface area contributed by atoms with Crippen LogP contribution in [0.5, 0.6) is 0 Å². The molecule has 132 valence electrons. The number of rotatable bonds is 3. The first-order valence-electron chi connectivity index (χ1n) is 8.52. The molecule has 1 fully saturated rings. The molecule has 1 aromatic heterocycles. The number of β-amino-alcohol motifs (C(OH)–C–C–N with tert-alkyl or cyclic N) is 1. The fourth-order valence-corrected chi connectivity index (χ4v) is 3.40. The Balaban J connectivity index is 1.89. The van der Waals surface area contributed by atoms with E-state index in [-0.39, 0.29) is 5.97 Å². The highest BCUT2D eigenvalue weighted by atomic mass is 16.5. The molecule has 26 heavy (non-hydrogen) atoms. The second-order valence-corrected chi connectivity index (χ2v) is 6.33. The van der Waals surface area contributed by atoms with Crippen molar-refractivity contribution in [1.29, 1.82) is 0 Å². The largest absolute Gasteiger partial charge is 0.467 e. The highest BCUT2D eigenvalue weighted by molar-refractivity contribution is 5.93. The van der Waals surface area contributed by atoms with Crippen LogP contribution >= 0.6 is 0 Å². The Morgan fingerprint density at radius 2 is 1.85 bits per heavy atom. The van der Waals surface area contributed by atoms with Gasteiger partial charge in [0.25, 0.3) is 0 Å². The van der Waals surface area contributed by atoms with Gasteiger partial charge in [0.2, 0.25) is 0 Å². The van der Waals surface area contributed by atoms with Crippen LogP contribution in [-0.2, 0) is 9.53 Å². The van der Waals surface area contributed by atoms with Crippen LogP contribution in [0, 0.1) is 0 Å². The Morgan fingerprint density at radius 3 is 2.62 bits per heavy atom. The first-order chi connectivity index (χ1) is 12.7. The maximum absolute atomic E-state index is 12.2. The normalized spacial score (nSPS) is 19.7. The summed E-state index contributed by atoms with van der Waals surface area (Å²) >= 11 is 0. The fourth-order valence-electron chi connectivity index (χ4n) is 3.40. The quantitative estimate of drug-likeness (QED) is 0.732. The van der Waals surface area contributed by atoms with E-state index in [9.17, 15) is 9.90 Å². The van der Waals surface area contributed by atoms with Crippen LogP contribution in [0.1, 0.15) is 6.42 Å². The number of aliphatic hydroxyl groups is 1. The van der Waals surface area contributed by atoms with Crippen molar-refractivity contribution in [1.82, 2.24) is 9.97 Å². The summed E-state index contributed by atoms with van der Waals surface area (Å²) in [5, 5.41) is 11.0. The number of esters is 1. The lowest BCUT2D eigenvalue weighted by molar-refractivity contribution is -0.142. The number of aliphatic hydroxyl groups excluding tert-OH is 1. The standard InChI is InChI=1S/C20H19N3O3/c1-26-20(25)17-11-14(24)12-23(17)19-15-9-5-6-10-16(15)21-18(22-19)13-7-3-2-4-8-13/h2-10,14,17,24H,11-12H2,1H3/t14-,17+/m0/s1. The Labute approximate surface area is 151 Å². The van der Waals surface area contributed by atoms with Gasteiger partial charge in [-0.1, -0.05) is 42.5 Å². The van der Waals surface area contributed by atoms with Crippen LogP contribution in [0.2, 0.25) is 0 Å². The number of hydrogen-bond donors (Lipinski definition) is 1. The van der Waals surface area contributed by atoms with Gasteiger partial charge in [-0.25, -0.2) is 14.8 Å². The van der Waals surface area contributed by atoms with Crippen molar-refractivity contribution in [2.75, 3.05) is 18.6 Å². The van der Waals surface area contributed by atoms with Crippen LogP contribution < -0.4 is 4.90 Å². The van der Waals surface area contributed by atoms with Crippen molar-refractivity contribution in [2.45, 2.75) is 18.6 Å². The summed E-state index contributed by atoms with van der Waals surface area (Å²) in [5.74, 6) is 0.858. The summed E-state index contributed by atoms with van der Waals surface area (Å²) in [4.78, 5) is 23.5. The molecule has 0 aliphatic carbocycles. The summed E-state index contributed by atoms with van der Waals surface area (Å²) in [7, 11) is 1.36. The number of hydrogen-bond acceptors (Lipinski definition) is 6. The van der Waals surface area contributed by atoms with Gasteiger partial charge in [0, 0.05) is 23.9 Å². The zero-order valence-corrected chi connectivity index (χ0v) is 14.4. The van der Waals surface area contributed by atoms with E-state index in [0.29, 0.717) is 24.6 Å². The lowest BCUT2D eigenvalue weighted by Crippen LogP contribution is -2.37. The summed E-state index contributed by atoms with van der Waals surface area (Å²) in [6, 6.07) is 16.8. The number of carbonyl (C=O) groups excluding carboxylic acids is 1. The molecule has 1 N–H and O–H groups in total. The monoisotopic (exact) mass is 349 g/mol. The van der Waals surface area contributed by atoms with Gasteiger partial charge in [0.15, 0.2) is 5.82 Å².